The van der Waals surface area contributed by atoms with E-state index in [-0.39, 0.29) is 23.1 Å². The van der Waals surface area contributed by atoms with E-state index in [1.807, 2.05) is 0 Å². The lowest BCUT2D eigenvalue weighted by Gasteiger charge is -2.26. The summed E-state index contributed by atoms with van der Waals surface area (Å²) in [6, 6.07) is 4.98. The van der Waals surface area contributed by atoms with Crippen molar-refractivity contribution in [2.75, 3.05) is 19.8 Å². The first-order valence-electron chi connectivity index (χ1n) is 5.36. The highest BCUT2D eigenvalue weighted by molar-refractivity contribution is 7.92. The van der Waals surface area contributed by atoms with Gasteiger partial charge in [0.25, 0.3) is 0 Å². The quantitative estimate of drug-likeness (QED) is 0.891. The molecule has 0 radical (unpaired) electrons. The van der Waals surface area contributed by atoms with Gasteiger partial charge in [-0.1, -0.05) is 17.7 Å². The fourth-order valence-electron chi connectivity index (χ4n) is 1.67. The van der Waals surface area contributed by atoms with Crippen molar-refractivity contribution in [3.05, 3.63) is 28.8 Å². The predicted octanol–water partition coefficient (Wildman–Crippen LogP) is 1.01. The molecule has 0 unspecified atom stereocenters. The van der Waals surface area contributed by atoms with Gasteiger partial charge in [-0.15, -0.1) is 0 Å². The van der Waals surface area contributed by atoms with E-state index in [1.54, 1.807) is 18.2 Å². The van der Waals surface area contributed by atoms with Crippen molar-refractivity contribution in [2.45, 2.75) is 16.6 Å². The third kappa shape index (κ3) is 2.47. The Morgan fingerprint density at radius 3 is 2.59 bits per heavy atom. The van der Waals surface area contributed by atoms with Crippen molar-refractivity contribution >= 4 is 21.4 Å². The minimum atomic E-state index is -3.35. The average Bonchev–Trinajstić information content (AvgIpc) is 2.13. The van der Waals surface area contributed by atoms with Crippen molar-refractivity contribution in [3.63, 3.8) is 0 Å². The van der Waals surface area contributed by atoms with Gasteiger partial charge < -0.3 is 10.5 Å². The van der Waals surface area contributed by atoms with Gasteiger partial charge in [-0.2, -0.15) is 0 Å². The summed E-state index contributed by atoms with van der Waals surface area (Å²) in [7, 11) is -3.35. The van der Waals surface area contributed by atoms with Crippen LogP contribution in [0.4, 0.5) is 0 Å². The number of nitrogens with two attached hydrogens (primary N) is 1. The summed E-state index contributed by atoms with van der Waals surface area (Å²) in [5, 5.41) is -0.191. The molecule has 17 heavy (non-hydrogen) atoms. The molecule has 1 aromatic rings. The number of halogens is 1. The Morgan fingerprint density at radius 1 is 1.41 bits per heavy atom. The molecule has 0 spiro atoms. The SMILES string of the molecule is NCCc1ccc(S(=O)(=O)C2COC2)c(Cl)c1. The lowest BCUT2D eigenvalue weighted by molar-refractivity contribution is 0.0416. The van der Waals surface area contributed by atoms with Crippen LogP contribution in [0.25, 0.3) is 0 Å². The van der Waals surface area contributed by atoms with Crippen LogP contribution in [-0.2, 0) is 21.0 Å². The number of sulfone groups is 1. The highest BCUT2D eigenvalue weighted by Crippen LogP contribution is 2.28. The fourth-order valence-corrected chi connectivity index (χ4v) is 3.69. The lowest BCUT2D eigenvalue weighted by Crippen LogP contribution is -2.40. The first-order valence-corrected chi connectivity index (χ1v) is 7.28. The summed E-state index contributed by atoms with van der Waals surface area (Å²) >= 11 is 6.01. The number of hydrogen-bond acceptors (Lipinski definition) is 4. The van der Waals surface area contributed by atoms with E-state index in [4.69, 9.17) is 22.1 Å². The molecule has 1 heterocycles. The smallest absolute Gasteiger partial charge is 0.187 e. The van der Waals surface area contributed by atoms with Crippen molar-refractivity contribution in [3.8, 4) is 0 Å². The number of benzene rings is 1. The van der Waals surface area contributed by atoms with Gasteiger partial charge in [0.05, 0.1) is 23.1 Å². The molecule has 1 aromatic carbocycles. The summed E-state index contributed by atoms with van der Waals surface area (Å²) in [6.45, 7) is 1.02. The molecule has 0 aromatic heterocycles. The number of hydrogen-bond donors (Lipinski definition) is 1. The number of rotatable bonds is 4. The maximum Gasteiger partial charge on any atom is 0.187 e. The molecular weight excluding hydrogens is 262 g/mol. The zero-order valence-electron chi connectivity index (χ0n) is 9.23. The summed E-state index contributed by atoms with van der Waals surface area (Å²) in [4.78, 5) is 0.188. The molecule has 1 fully saturated rings. The maximum atomic E-state index is 12.1. The first-order chi connectivity index (χ1) is 8.05. The number of ether oxygens (including phenoxy) is 1. The van der Waals surface area contributed by atoms with Gasteiger partial charge in [-0.3, -0.25) is 0 Å². The molecule has 0 bridgehead atoms. The van der Waals surface area contributed by atoms with Crippen LogP contribution in [0.2, 0.25) is 5.02 Å². The van der Waals surface area contributed by atoms with Crippen LogP contribution < -0.4 is 5.73 Å². The topological polar surface area (TPSA) is 69.4 Å². The predicted molar refractivity (Wildman–Crippen MR) is 66.0 cm³/mol. The van der Waals surface area contributed by atoms with Gasteiger partial charge in [-0.25, -0.2) is 8.42 Å². The fraction of sp³-hybridized carbons (Fsp3) is 0.455. The summed E-state index contributed by atoms with van der Waals surface area (Å²) in [5.74, 6) is 0. The molecule has 0 atom stereocenters. The molecule has 0 saturated carbocycles. The molecule has 2 rings (SSSR count). The Bertz CT molecular complexity index is 511. The Kier molecular flexibility index (Phi) is 3.73. The van der Waals surface area contributed by atoms with E-state index < -0.39 is 15.1 Å². The largest absolute Gasteiger partial charge is 0.379 e. The Balaban J connectivity index is 2.33. The van der Waals surface area contributed by atoms with Crippen LogP contribution in [0.3, 0.4) is 0 Å². The van der Waals surface area contributed by atoms with E-state index in [0.29, 0.717) is 13.0 Å². The normalized spacial score (nSPS) is 16.8. The van der Waals surface area contributed by atoms with Gasteiger partial charge in [0, 0.05) is 0 Å². The van der Waals surface area contributed by atoms with Gasteiger partial charge in [-0.05, 0) is 30.7 Å². The molecule has 0 amide bonds. The molecule has 2 N–H and O–H groups in total. The Morgan fingerprint density at radius 2 is 2.12 bits per heavy atom. The van der Waals surface area contributed by atoms with Gasteiger partial charge in [0.2, 0.25) is 0 Å². The van der Waals surface area contributed by atoms with Crippen LogP contribution in [0, 0.1) is 0 Å². The van der Waals surface area contributed by atoms with Crippen LogP contribution in [-0.4, -0.2) is 33.4 Å². The van der Waals surface area contributed by atoms with Crippen molar-refractivity contribution in [1.29, 1.82) is 0 Å². The second kappa shape index (κ2) is 4.94. The highest BCUT2D eigenvalue weighted by Gasteiger charge is 2.35. The van der Waals surface area contributed by atoms with Crippen LogP contribution >= 0.6 is 11.6 Å². The van der Waals surface area contributed by atoms with Crippen LogP contribution in [0.5, 0.6) is 0 Å². The maximum absolute atomic E-state index is 12.1. The van der Waals surface area contributed by atoms with Crippen molar-refractivity contribution in [1.82, 2.24) is 0 Å². The third-order valence-corrected chi connectivity index (χ3v) is 5.33. The van der Waals surface area contributed by atoms with Crippen molar-refractivity contribution in [2.24, 2.45) is 5.73 Å². The second-order valence-electron chi connectivity index (χ2n) is 4.01. The summed E-state index contributed by atoms with van der Waals surface area (Å²) in [5.41, 5.74) is 6.38. The van der Waals surface area contributed by atoms with Crippen LogP contribution in [0.15, 0.2) is 23.1 Å². The molecular formula is C11H14ClNO3S. The summed E-state index contributed by atoms with van der Waals surface area (Å²) in [6.07, 6.45) is 0.687. The lowest BCUT2D eigenvalue weighted by atomic mass is 10.1. The molecule has 1 aliphatic rings. The minimum Gasteiger partial charge on any atom is -0.379 e. The molecule has 1 saturated heterocycles. The van der Waals surface area contributed by atoms with Gasteiger partial charge >= 0.3 is 0 Å². The molecule has 4 nitrogen and oxygen atoms in total. The zero-order chi connectivity index (χ0) is 12.5. The van der Waals surface area contributed by atoms with E-state index in [2.05, 4.69) is 0 Å². The third-order valence-electron chi connectivity index (χ3n) is 2.78. The molecule has 94 valence electrons. The average molecular weight is 276 g/mol. The first kappa shape index (κ1) is 12.8. The van der Waals surface area contributed by atoms with Crippen LogP contribution in [0.1, 0.15) is 5.56 Å². The van der Waals surface area contributed by atoms with E-state index in [0.717, 1.165) is 5.56 Å². The second-order valence-corrected chi connectivity index (χ2v) is 6.61. The molecule has 0 aliphatic carbocycles. The van der Waals surface area contributed by atoms with E-state index >= 15 is 0 Å². The van der Waals surface area contributed by atoms with E-state index in [1.165, 1.54) is 0 Å². The Hall–Kier alpha value is -0.620. The zero-order valence-corrected chi connectivity index (χ0v) is 10.8. The van der Waals surface area contributed by atoms with Gasteiger partial charge in [0.15, 0.2) is 9.84 Å². The van der Waals surface area contributed by atoms with E-state index in [9.17, 15) is 8.42 Å². The molecule has 6 heteroatoms. The Labute approximate surface area is 106 Å². The van der Waals surface area contributed by atoms with Gasteiger partial charge in [0.1, 0.15) is 5.25 Å². The highest BCUT2D eigenvalue weighted by atomic mass is 35.5. The summed E-state index contributed by atoms with van der Waals surface area (Å²) < 4.78 is 29.1. The minimum absolute atomic E-state index is 0.188. The van der Waals surface area contributed by atoms with Crippen molar-refractivity contribution < 1.29 is 13.2 Å². The standard InChI is InChI=1S/C11H14ClNO3S/c12-10-5-8(3-4-13)1-2-11(10)17(14,15)9-6-16-7-9/h1-2,5,9H,3-4,6-7,13H2. The molecule has 1 aliphatic heterocycles. The monoisotopic (exact) mass is 275 g/mol.